The molecule has 1 aliphatic heterocycles. The summed E-state index contributed by atoms with van der Waals surface area (Å²) in [5, 5.41) is 3.79. The van der Waals surface area contributed by atoms with Crippen LogP contribution in [0.1, 0.15) is 66.2 Å². The topological polar surface area (TPSA) is 15.3 Å². The molecule has 2 nitrogen and oxygen atoms in total. The normalized spacial score (nSPS) is 31.9. The molecule has 2 rings (SSSR count). The van der Waals surface area contributed by atoms with E-state index in [1.807, 2.05) is 0 Å². The summed E-state index contributed by atoms with van der Waals surface area (Å²) in [6, 6.07) is 2.30. The zero-order chi connectivity index (χ0) is 13.8. The first-order chi connectivity index (χ1) is 9.09. The van der Waals surface area contributed by atoms with Crippen LogP contribution in [-0.4, -0.2) is 36.1 Å². The SMILES string of the molecule is CC(C)C1CN(C2CCCCCC2)C(C(C)C)CN1. The first kappa shape index (κ1) is 15.3. The van der Waals surface area contributed by atoms with Crippen molar-refractivity contribution >= 4 is 0 Å². The molecule has 1 N–H and O–H groups in total. The minimum atomic E-state index is 0.693. The second-order valence-electron chi connectivity index (χ2n) is 7.41. The lowest BCUT2D eigenvalue weighted by molar-refractivity contribution is 0.0392. The molecule has 2 heteroatoms. The van der Waals surface area contributed by atoms with E-state index in [1.54, 1.807) is 0 Å². The van der Waals surface area contributed by atoms with Gasteiger partial charge in [0.15, 0.2) is 0 Å². The minimum absolute atomic E-state index is 0.693. The maximum absolute atomic E-state index is 3.79. The second kappa shape index (κ2) is 7.08. The average molecular weight is 266 g/mol. The monoisotopic (exact) mass is 266 g/mol. The third kappa shape index (κ3) is 3.95. The van der Waals surface area contributed by atoms with Crippen LogP contribution in [0.5, 0.6) is 0 Å². The van der Waals surface area contributed by atoms with Crippen molar-refractivity contribution in [2.45, 2.75) is 84.3 Å². The Morgan fingerprint density at radius 2 is 1.53 bits per heavy atom. The highest BCUT2D eigenvalue weighted by Gasteiger charge is 2.35. The van der Waals surface area contributed by atoms with Gasteiger partial charge in [0.05, 0.1) is 0 Å². The smallest absolute Gasteiger partial charge is 0.0247 e. The highest BCUT2D eigenvalue weighted by molar-refractivity contribution is 4.92. The molecule has 0 amide bonds. The van der Waals surface area contributed by atoms with Crippen molar-refractivity contribution in [3.05, 3.63) is 0 Å². The quantitative estimate of drug-likeness (QED) is 0.784. The Kier molecular flexibility index (Phi) is 5.70. The molecule has 0 aromatic heterocycles. The van der Waals surface area contributed by atoms with Gasteiger partial charge < -0.3 is 5.32 Å². The summed E-state index contributed by atoms with van der Waals surface area (Å²) in [4.78, 5) is 2.89. The third-order valence-corrected chi connectivity index (χ3v) is 5.29. The summed E-state index contributed by atoms with van der Waals surface area (Å²) in [5.41, 5.74) is 0. The lowest BCUT2D eigenvalue weighted by Gasteiger charge is -2.47. The van der Waals surface area contributed by atoms with E-state index in [-0.39, 0.29) is 0 Å². The van der Waals surface area contributed by atoms with Crippen LogP contribution in [0.2, 0.25) is 0 Å². The fourth-order valence-electron chi connectivity index (χ4n) is 3.89. The van der Waals surface area contributed by atoms with E-state index < -0.39 is 0 Å². The molecule has 1 saturated carbocycles. The van der Waals surface area contributed by atoms with E-state index >= 15 is 0 Å². The fourth-order valence-corrected chi connectivity index (χ4v) is 3.89. The van der Waals surface area contributed by atoms with Gasteiger partial charge in [-0.05, 0) is 24.7 Å². The predicted octanol–water partition coefficient (Wildman–Crippen LogP) is 3.66. The summed E-state index contributed by atoms with van der Waals surface area (Å²) in [5.74, 6) is 1.52. The predicted molar refractivity (Wildman–Crippen MR) is 83.5 cm³/mol. The second-order valence-corrected chi connectivity index (χ2v) is 7.41. The summed E-state index contributed by atoms with van der Waals surface area (Å²) in [7, 11) is 0. The highest BCUT2D eigenvalue weighted by atomic mass is 15.3. The van der Waals surface area contributed by atoms with E-state index in [1.165, 1.54) is 51.6 Å². The Morgan fingerprint density at radius 3 is 2.05 bits per heavy atom. The summed E-state index contributed by atoms with van der Waals surface area (Å²) in [6.07, 6.45) is 8.70. The molecular weight excluding hydrogens is 232 g/mol. The van der Waals surface area contributed by atoms with Gasteiger partial charge in [-0.3, -0.25) is 4.90 Å². The van der Waals surface area contributed by atoms with Crippen molar-refractivity contribution in [2.75, 3.05) is 13.1 Å². The molecule has 2 unspecified atom stereocenters. The lowest BCUT2D eigenvalue weighted by atomic mass is 9.91. The summed E-state index contributed by atoms with van der Waals surface area (Å²) in [6.45, 7) is 12.0. The molecule has 2 atom stereocenters. The summed E-state index contributed by atoms with van der Waals surface area (Å²) < 4.78 is 0. The summed E-state index contributed by atoms with van der Waals surface area (Å²) >= 11 is 0. The van der Waals surface area contributed by atoms with Gasteiger partial charge in [0, 0.05) is 31.2 Å². The molecule has 2 fully saturated rings. The van der Waals surface area contributed by atoms with Crippen molar-refractivity contribution in [1.82, 2.24) is 10.2 Å². The van der Waals surface area contributed by atoms with Gasteiger partial charge in [0.1, 0.15) is 0 Å². The van der Waals surface area contributed by atoms with Crippen LogP contribution in [0.25, 0.3) is 0 Å². The first-order valence-corrected chi connectivity index (χ1v) is 8.58. The van der Waals surface area contributed by atoms with E-state index in [0.29, 0.717) is 6.04 Å². The molecule has 0 bridgehead atoms. The zero-order valence-electron chi connectivity index (χ0n) is 13.5. The molecule has 0 radical (unpaired) electrons. The van der Waals surface area contributed by atoms with Gasteiger partial charge in [-0.2, -0.15) is 0 Å². The van der Waals surface area contributed by atoms with Gasteiger partial charge >= 0.3 is 0 Å². The van der Waals surface area contributed by atoms with Crippen molar-refractivity contribution < 1.29 is 0 Å². The maximum atomic E-state index is 3.79. The van der Waals surface area contributed by atoms with E-state index in [0.717, 1.165) is 23.9 Å². The Bertz CT molecular complexity index is 254. The highest BCUT2D eigenvalue weighted by Crippen LogP contribution is 2.28. The fraction of sp³-hybridized carbons (Fsp3) is 1.00. The van der Waals surface area contributed by atoms with Crippen LogP contribution in [-0.2, 0) is 0 Å². The molecular formula is C17H34N2. The Morgan fingerprint density at radius 1 is 0.895 bits per heavy atom. The molecule has 1 heterocycles. The van der Waals surface area contributed by atoms with Crippen molar-refractivity contribution in [1.29, 1.82) is 0 Å². The zero-order valence-corrected chi connectivity index (χ0v) is 13.5. The van der Waals surface area contributed by atoms with Crippen molar-refractivity contribution in [2.24, 2.45) is 11.8 Å². The van der Waals surface area contributed by atoms with Crippen LogP contribution < -0.4 is 5.32 Å². The standard InChI is InChI=1S/C17H34N2/c1-13(2)16-12-19(17(11-18-16)14(3)4)15-9-7-5-6-8-10-15/h13-18H,5-12H2,1-4H3. The third-order valence-electron chi connectivity index (χ3n) is 5.29. The average Bonchev–Trinajstić information content (AvgIpc) is 2.66. The van der Waals surface area contributed by atoms with Crippen LogP contribution in [0.3, 0.4) is 0 Å². The molecule has 19 heavy (non-hydrogen) atoms. The number of hydrogen-bond donors (Lipinski definition) is 1. The Hall–Kier alpha value is -0.0800. The molecule has 0 aromatic carbocycles. The Balaban J connectivity index is 2.05. The number of rotatable bonds is 3. The molecule has 112 valence electrons. The van der Waals surface area contributed by atoms with Gasteiger partial charge in [0.2, 0.25) is 0 Å². The Labute approximate surface area is 120 Å². The lowest BCUT2D eigenvalue weighted by Crippen LogP contribution is -2.62. The van der Waals surface area contributed by atoms with E-state index in [9.17, 15) is 0 Å². The van der Waals surface area contributed by atoms with Crippen molar-refractivity contribution in [3.8, 4) is 0 Å². The molecule has 2 aliphatic rings. The molecule has 0 spiro atoms. The van der Waals surface area contributed by atoms with Crippen LogP contribution >= 0.6 is 0 Å². The van der Waals surface area contributed by atoms with Crippen molar-refractivity contribution in [3.63, 3.8) is 0 Å². The number of nitrogens with zero attached hydrogens (tertiary/aromatic N) is 1. The van der Waals surface area contributed by atoms with Gasteiger partial charge in [0.25, 0.3) is 0 Å². The van der Waals surface area contributed by atoms with Crippen LogP contribution in [0, 0.1) is 11.8 Å². The van der Waals surface area contributed by atoms with Crippen LogP contribution in [0.15, 0.2) is 0 Å². The maximum Gasteiger partial charge on any atom is 0.0247 e. The van der Waals surface area contributed by atoms with E-state index in [4.69, 9.17) is 0 Å². The largest absolute Gasteiger partial charge is 0.311 e. The van der Waals surface area contributed by atoms with Crippen LogP contribution in [0.4, 0.5) is 0 Å². The van der Waals surface area contributed by atoms with Gasteiger partial charge in [-0.25, -0.2) is 0 Å². The van der Waals surface area contributed by atoms with Gasteiger partial charge in [-0.15, -0.1) is 0 Å². The minimum Gasteiger partial charge on any atom is -0.311 e. The first-order valence-electron chi connectivity index (χ1n) is 8.58. The molecule has 1 aliphatic carbocycles. The van der Waals surface area contributed by atoms with E-state index in [2.05, 4.69) is 37.9 Å². The number of piperazine rings is 1. The molecule has 1 saturated heterocycles. The molecule has 0 aromatic rings. The van der Waals surface area contributed by atoms with Gasteiger partial charge in [-0.1, -0.05) is 53.4 Å². The number of nitrogens with one attached hydrogen (secondary N) is 1. The number of hydrogen-bond acceptors (Lipinski definition) is 2.